The van der Waals surface area contributed by atoms with Crippen molar-refractivity contribution in [3.05, 3.63) is 82.9 Å². The number of rotatable bonds is 6. The lowest BCUT2D eigenvalue weighted by Gasteiger charge is -2.09. The monoisotopic (exact) mass is 394 g/mol. The summed E-state index contributed by atoms with van der Waals surface area (Å²) in [5, 5.41) is 15.3. The summed E-state index contributed by atoms with van der Waals surface area (Å²) in [5.74, 6) is 0.301. The second kappa shape index (κ2) is 8.09. The van der Waals surface area contributed by atoms with E-state index in [4.69, 9.17) is 16.6 Å². The van der Waals surface area contributed by atoms with Gasteiger partial charge in [-0.3, -0.25) is 0 Å². The van der Waals surface area contributed by atoms with Gasteiger partial charge in [0.2, 0.25) is 0 Å². The maximum atomic E-state index is 10.2. The molecule has 0 amide bonds. The minimum absolute atomic E-state index is 0.301. The third kappa shape index (κ3) is 4.30. The van der Waals surface area contributed by atoms with Crippen LogP contribution in [0.15, 0.2) is 66.7 Å². The maximum Gasteiger partial charge on any atom is 0.124 e. The topological polar surface area (TPSA) is 45.2 Å². The van der Waals surface area contributed by atoms with Crippen LogP contribution in [0.1, 0.15) is 11.1 Å². The predicted octanol–water partition coefficient (Wildman–Crippen LogP) is 5.65. The molecule has 0 bridgehead atoms. The Morgan fingerprint density at radius 3 is 2.74 bits per heavy atom. The number of para-hydroxylation sites is 1. The Morgan fingerprint density at radius 1 is 1.00 bits per heavy atom. The van der Waals surface area contributed by atoms with Crippen LogP contribution in [0.5, 0.6) is 5.75 Å². The third-order valence-corrected chi connectivity index (χ3v) is 5.74. The molecule has 136 valence electrons. The molecule has 3 nitrogen and oxygen atoms in total. The summed E-state index contributed by atoms with van der Waals surface area (Å²) < 4.78 is 1.17. The number of thiazole rings is 1. The van der Waals surface area contributed by atoms with Crippen LogP contribution >= 0.6 is 22.9 Å². The smallest absolute Gasteiger partial charge is 0.124 e. The van der Waals surface area contributed by atoms with Crippen LogP contribution in [0.4, 0.5) is 0 Å². The fraction of sp³-hybridized carbons (Fsp3) is 0.136. The maximum absolute atomic E-state index is 10.2. The van der Waals surface area contributed by atoms with E-state index < -0.39 is 0 Å². The van der Waals surface area contributed by atoms with Crippen LogP contribution in [0, 0.1) is 0 Å². The van der Waals surface area contributed by atoms with Crippen molar-refractivity contribution < 1.29 is 5.11 Å². The number of aromatic nitrogens is 1. The van der Waals surface area contributed by atoms with Crippen LogP contribution < -0.4 is 5.32 Å². The standard InChI is InChI=1S/C22H19ClN2OS/c23-18-5-3-4-15(12-18)10-11-24-14-17-13-16(8-9-20(17)26)22-25-19-6-1-2-7-21(19)27-22/h1-9,12-13,24,26H,10-11,14H2. The first-order valence-corrected chi connectivity index (χ1v) is 10.0. The van der Waals surface area contributed by atoms with Crippen molar-refractivity contribution in [1.82, 2.24) is 10.3 Å². The summed E-state index contributed by atoms with van der Waals surface area (Å²) in [6.45, 7) is 1.41. The van der Waals surface area contributed by atoms with E-state index >= 15 is 0 Å². The van der Waals surface area contributed by atoms with Gasteiger partial charge >= 0.3 is 0 Å². The quantitative estimate of drug-likeness (QED) is 0.415. The first-order chi connectivity index (χ1) is 13.2. The van der Waals surface area contributed by atoms with Gasteiger partial charge in [0.25, 0.3) is 0 Å². The molecule has 0 saturated heterocycles. The first kappa shape index (κ1) is 18.0. The zero-order chi connectivity index (χ0) is 18.6. The number of aromatic hydroxyl groups is 1. The van der Waals surface area contributed by atoms with Crippen LogP contribution in [0.25, 0.3) is 20.8 Å². The summed E-state index contributed by atoms with van der Waals surface area (Å²) in [7, 11) is 0. The molecule has 0 aliphatic heterocycles. The molecule has 0 atom stereocenters. The first-order valence-electron chi connectivity index (χ1n) is 8.82. The van der Waals surface area contributed by atoms with Gasteiger partial charge in [-0.25, -0.2) is 4.98 Å². The number of phenols is 1. The Bertz CT molecular complexity index is 1040. The molecule has 0 spiro atoms. The molecule has 5 heteroatoms. The molecule has 0 unspecified atom stereocenters. The van der Waals surface area contributed by atoms with Gasteiger partial charge in [-0.15, -0.1) is 11.3 Å². The van der Waals surface area contributed by atoms with Gasteiger partial charge in [0.15, 0.2) is 0 Å². The molecule has 0 saturated carbocycles. The highest BCUT2D eigenvalue weighted by Crippen LogP contribution is 2.32. The van der Waals surface area contributed by atoms with Crippen molar-refractivity contribution in [1.29, 1.82) is 0 Å². The van der Waals surface area contributed by atoms with E-state index in [-0.39, 0.29) is 0 Å². The zero-order valence-electron chi connectivity index (χ0n) is 14.7. The van der Waals surface area contributed by atoms with Crippen molar-refractivity contribution in [2.75, 3.05) is 6.54 Å². The van der Waals surface area contributed by atoms with Crippen molar-refractivity contribution >= 4 is 33.2 Å². The second-order valence-corrected chi connectivity index (χ2v) is 7.85. The number of nitrogens with zero attached hydrogens (tertiary/aromatic N) is 1. The van der Waals surface area contributed by atoms with Gasteiger partial charge in [-0.2, -0.15) is 0 Å². The second-order valence-electron chi connectivity index (χ2n) is 6.39. The number of hydrogen-bond acceptors (Lipinski definition) is 4. The average molecular weight is 395 g/mol. The molecule has 27 heavy (non-hydrogen) atoms. The molecule has 4 rings (SSSR count). The van der Waals surface area contributed by atoms with Gasteiger partial charge in [0.05, 0.1) is 10.2 Å². The highest BCUT2D eigenvalue weighted by molar-refractivity contribution is 7.21. The Balaban J connectivity index is 1.44. The average Bonchev–Trinajstić information content (AvgIpc) is 3.11. The SMILES string of the molecule is Oc1ccc(-c2nc3ccccc3s2)cc1CNCCc1cccc(Cl)c1. The van der Waals surface area contributed by atoms with E-state index in [1.807, 2.05) is 48.5 Å². The molecular weight excluding hydrogens is 376 g/mol. The minimum atomic E-state index is 0.301. The largest absolute Gasteiger partial charge is 0.508 e. The Morgan fingerprint density at radius 2 is 1.89 bits per heavy atom. The molecule has 1 heterocycles. The van der Waals surface area contributed by atoms with E-state index in [1.165, 1.54) is 10.3 Å². The van der Waals surface area contributed by atoms with E-state index in [1.54, 1.807) is 17.4 Å². The molecule has 3 aromatic carbocycles. The van der Waals surface area contributed by atoms with Crippen LogP contribution in [0.2, 0.25) is 5.02 Å². The third-order valence-electron chi connectivity index (χ3n) is 4.42. The van der Waals surface area contributed by atoms with Crippen molar-refractivity contribution in [2.45, 2.75) is 13.0 Å². The summed E-state index contributed by atoms with van der Waals surface area (Å²) in [4.78, 5) is 4.70. The zero-order valence-corrected chi connectivity index (χ0v) is 16.2. The molecule has 0 aliphatic carbocycles. The number of hydrogen-bond donors (Lipinski definition) is 2. The number of nitrogens with one attached hydrogen (secondary N) is 1. The molecule has 2 N–H and O–H groups in total. The fourth-order valence-corrected chi connectivity index (χ4v) is 4.18. The van der Waals surface area contributed by atoms with E-state index in [2.05, 4.69) is 17.4 Å². The highest BCUT2D eigenvalue weighted by Gasteiger charge is 2.09. The van der Waals surface area contributed by atoms with E-state index in [0.717, 1.165) is 39.6 Å². The molecule has 4 aromatic rings. The molecule has 0 fully saturated rings. The number of fused-ring (bicyclic) bond motifs is 1. The summed E-state index contributed by atoms with van der Waals surface area (Å²) in [5.41, 5.74) is 4.10. The summed E-state index contributed by atoms with van der Waals surface area (Å²) in [6, 6.07) is 21.7. The summed E-state index contributed by atoms with van der Waals surface area (Å²) >= 11 is 7.69. The fourth-order valence-electron chi connectivity index (χ4n) is 3.00. The molecule has 1 aromatic heterocycles. The Labute approximate surface area is 167 Å². The molecular formula is C22H19ClN2OS. The van der Waals surface area contributed by atoms with Crippen molar-refractivity contribution in [3.8, 4) is 16.3 Å². The highest BCUT2D eigenvalue weighted by atomic mass is 35.5. The minimum Gasteiger partial charge on any atom is -0.508 e. The van der Waals surface area contributed by atoms with Gasteiger partial charge in [-0.1, -0.05) is 35.9 Å². The number of halogens is 1. The Kier molecular flexibility index (Phi) is 5.39. The van der Waals surface area contributed by atoms with Gasteiger partial charge in [-0.05, 0) is 61.0 Å². The van der Waals surface area contributed by atoms with Crippen LogP contribution in [-0.4, -0.2) is 16.6 Å². The number of benzene rings is 3. The van der Waals surface area contributed by atoms with Crippen LogP contribution in [0.3, 0.4) is 0 Å². The lowest BCUT2D eigenvalue weighted by molar-refractivity contribution is 0.464. The normalized spacial score (nSPS) is 11.1. The van der Waals surface area contributed by atoms with Crippen molar-refractivity contribution in [3.63, 3.8) is 0 Å². The number of phenolic OH excluding ortho intramolecular Hbond substituents is 1. The lowest BCUT2D eigenvalue weighted by atomic mass is 10.1. The van der Waals surface area contributed by atoms with E-state index in [9.17, 15) is 5.11 Å². The predicted molar refractivity (Wildman–Crippen MR) is 114 cm³/mol. The van der Waals surface area contributed by atoms with Crippen LogP contribution in [-0.2, 0) is 13.0 Å². The van der Waals surface area contributed by atoms with E-state index in [0.29, 0.717) is 12.3 Å². The van der Waals surface area contributed by atoms with Crippen molar-refractivity contribution in [2.24, 2.45) is 0 Å². The molecule has 0 aliphatic rings. The van der Waals surface area contributed by atoms with Gasteiger partial charge in [0, 0.05) is 22.7 Å². The van der Waals surface area contributed by atoms with Gasteiger partial charge in [0.1, 0.15) is 10.8 Å². The lowest BCUT2D eigenvalue weighted by Crippen LogP contribution is -2.16. The molecule has 0 radical (unpaired) electrons. The summed E-state index contributed by atoms with van der Waals surface area (Å²) in [6.07, 6.45) is 0.888. The Hall–Kier alpha value is -2.40. The van der Waals surface area contributed by atoms with Gasteiger partial charge < -0.3 is 10.4 Å².